The largest absolute Gasteiger partial charge is 0.445 e. The Morgan fingerprint density at radius 1 is 1.17 bits per heavy atom. The number of benzene rings is 1. The number of likely N-dealkylation sites (tertiary alicyclic amines) is 1. The first-order valence-corrected chi connectivity index (χ1v) is 8.20. The number of amides is 1. The number of carbonyl (C=O) groups is 2. The molecule has 2 rings (SSSR count). The monoisotopic (exact) mass is 315 g/mol. The van der Waals surface area contributed by atoms with Crippen LogP contribution < -0.4 is 0 Å². The Morgan fingerprint density at radius 3 is 2.43 bits per heavy atom. The maximum absolute atomic E-state index is 12.1. The minimum absolute atomic E-state index is 0.0383. The highest BCUT2D eigenvalue weighted by Crippen LogP contribution is 2.21. The van der Waals surface area contributed by atoms with E-state index in [4.69, 9.17) is 4.74 Å². The van der Waals surface area contributed by atoms with Gasteiger partial charge >= 0.3 is 6.09 Å². The molecule has 23 heavy (non-hydrogen) atoms. The van der Waals surface area contributed by atoms with Crippen molar-refractivity contribution in [3.63, 3.8) is 0 Å². The Balaban J connectivity index is 1.78. The van der Waals surface area contributed by atoms with Crippen molar-refractivity contribution < 1.29 is 14.3 Å². The lowest BCUT2D eigenvalue weighted by Gasteiger charge is -2.28. The van der Waals surface area contributed by atoms with E-state index in [1.54, 1.807) is 4.90 Å². The number of carbonyl (C=O) groups excluding carboxylic acids is 2. The molecule has 4 nitrogen and oxygen atoms in total. The molecule has 1 saturated heterocycles. The number of ether oxygens (including phenoxy) is 1. The van der Waals surface area contributed by atoms with Crippen molar-refractivity contribution in [3.05, 3.63) is 47.5 Å². The van der Waals surface area contributed by atoms with Crippen LogP contribution in [-0.4, -0.2) is 30.4 Å². The fraction of sp³-hybridized carbons (Fsp3) is 0.474. The van der Waals surface area contributed by atoms with Gasteiger partial charge in [-0.05, 0) is 24.3 Å². The van der Waals surface area contributed by atoms with Crippen LogP contribution in [0.25, 0.3) is 0 Å². The molecule has 1 fully saturated rings. The third-order valence-electron chi connectivity index (χ3n) is 4.41. The molecule has 2 atom stereocenters. The van der Waals surface area contributed by atoms with E-state index in [-0.39, 0.29) is 17.9 Å². The predicted molar refractivity (Wildman–Crippen MR) is 89.9 cm³/mol. The molecule has 0 unspecified atom stereocenters. The van der Waals surface area contributed by atoms with Crippen molar-refractivity contribution >= 4 is 12.4 Å². The van der Waals surface area contributed by atoms with Crippen LogP contribution in [0.4, 0.5) is 4.79 Å². The molecular weight excluding hydrogens is 290 g/mol. The average molecular weight is 315 g/mol. The minimum atomic E-state index is -0.248. The van der Waals surface area contributed by atoms with Gasteiger partial charge in [-0.1, -0.05) is 55.8 Å². The van der Waals surface area contributed by atoms with Crippen molar-refractivity contribution in [2.45, 2.75) is 33.3 Å². The lowest BCUT2D eigenvalue weighted by Crippen LogP contribution is -2.36. The fourth-order valence-corrected chi connectivity index (χ4v) is 2.60. The van der Waals surface area contributed by atoms with E-state index in [0.29, 0.717) is 19.7 Å². The number of hydrogen-bond donors (Lipinski definition) is 0. The van der Waals surface area contributed by atoms with Crippen LogP contribution >= 0.6 is 0 Å². The molecule has 1 aromatic rings. The van der Waals surface area contributed by atoms with Gasteiger partial charge in [0.25, 0.3) is 0 Å². The molecule has 0 bridgehead atoms. The molecule has 1 heterocycles. The summed E-state index contributed by atoms with van der Waals surface area (Å²) >= 11 is 0. The summed E-state index contributed by atoms with van der Waals surface area (Å²) in [6.45, 7) is 5.67. The van der Waals surface area contributed by atoms with Crippen LogP contribution in [0.15, 0.2) is 42.0 Å². The third kappa shape index (κ3) is 5.23. The van der Waals surface area contributed by atoms with E-state index in [2.05, 4.69) is 13.0 Å². The van der Waals surface area contributed by atoms with Crippen LogP contribution in [-0.2, 0) is 16.1 Å². The molecule has 124 valence electrons. The topological polar surface area (TPSA) is 46.6 Å². The molecule has 0 N–H and O–H groups in total. The molecule has 0 radical (unpaired) electrons. The van der Waals surface area contributed by atoms with Crippen molar-refractivity contribution in [2.24, 2.45) is 11.8 Å². The van der Waals surface area contributed by atoms with Gasteiger partial charge in [0.2, 0.25) is 0 Å². The Kier molecular flexibility index (Phi) is 6.39. The second-order valence-corrected chi connectivity index (χ2v) is 6.21. The number of aldehydes is 1. The molecule has 0 spiro atoms. The van der Waals surface area contributed by atoms with Gasteiger partial charge in [-0.15, -0.1) is 0 Å². The van der Waals surface area contributed by atoms with Crippen LogP contribution in [0, 0.1) is 11.8 Å². The number of nitrogens with zero attached hydrogens (tertiary/aromatic N) is 1. The highest BCUT2D eigenvalue weighted by atomic mass is 16.6. The highest BCUT2D eigenvalue weighted by molar-refractivity contribution is 5.68. The summed E-state index contributed by atoms with van der Waals surface area (Å²) in [5, 5.41) is 0. The van der Waals surface area contributed by atoms with E-state index >= 15 is 0 Å². The van der Waals surface area contributed by atoms with Crippen molar-refractivity contribution in [3.8, 4) is 0 Å². The molecule has 0 aliphatic carbocycles. The van der Waals surface area contributed by atoms with Crippen LogP contribution in [0.1, 0.15) is 32.3 Å². The minimum Gasteiger partial charge on any atom is -0.445 e. The zero-order chi connectivity index (χ0) is 16.7. The SMILES string of the molecule is C[C@@H](C=O)[C@@H](C)C=C1CCN(C(=O)OCc2ccccc2)CC1. The van der Waals surface area contributed by atoms with Gasteiger partial charge in [0.05, 0.1) is 0 Å². The molecule has 1 aliphatic heterocycles. The lowest BCUT2D eigenvalue weighted by molar-refractivity contribution is -0.111. The third-order valence-corrected chi connectivity index (χ3v) is 4.41. The molecule has 0 saturated carbocycles. The van der Waals surface area contributed by atoms with Crippen LogP contribution in [0.2, 0.25) is 0 Å². The van der Waals surface area contributed by atoms with Crippen molar-refractivity contribution in [1.82, 2.24) is 4.90 Å². The van der Waals surface area contributed by atoms with Crippen LogP contribution in [0.5, 0.6) is 0 Å². The Bertz CT molecular complexity index is 543. The fourth-order valence-electron chi connectivity index (χ4n) is 2.60. The van der Waals surface area contributed by atoms with Gasteiger partial charge in [0.1, 0.15) is 12.9 Å². The zero-order valence-electron chi connectivity index (χ0n) is 13.9. The van der Waals surface area contributed by atoms with Crippen molar-refractivity contribution in [2.75, 3.05) is 13.1 Å². The van der Waals surface area contributed by atoms with Gasteiger partial charge < -0.3 is 14.4 Å². The zero-order valence-corrected chi connectivity index (χ0v) is 13.9. The summed E-state index contributed by atoms with van der Waals surface area (Å²) in [7, 11) is 0. The van der Waals surface area contributed by atoms with E-state index in [1.807, 2.05) is 37.3 Å². The van der Waals surface area contributed by atoms with E-state index in [0.717, 1.165) is 24.7 Å². The van der Waals surface area contributed by atoms with Crippen LogP contribution in [0.3, 0.4) is 0 Å². The summed E-state index contributed by atoms with van der Waals surface area (Å²) in [5.41, 5.74) is 2.33. The number of piperidine rings is 1. The Labute approximate surface area is 138 Å². The quantitative estimate of drug-likeness (QED) is 0.613. The molecule has 1 amide bonds. The Morgan fingerprint density at radius 2 is 1.83 bits per heavy atom. The standard InChI is InChI=1S/C19H25NO3/c1-15(16(2)13-21)12-17-8-10-20(11-9-17)19(22)23-14-18-6-4-3-5-7-18/h3-7,12-13,15-16H,8-11,14H2,1-2H3/t15-,16-/m0/s1. The first kappa shape index (κ1) is 17.3. The average Bonchev–Trinajstić information content (AvgIpc) is 2.60. The van der Waals surface area contributed by atoms with E-state index < -0.39 is 0 Å². The van der Waals surface area contributed by atoms with E-state index in [1.165, 1.54) is 5.57 Å². The summed E-state index contributed by atoms with van der Waals surface area (Å²) in [6, 6.07) is 9.70. The summed E-state index contributed by atoms with van der Waals surface area (Å²) in [5.74, 6) is 0.287. The normalized spacial score (nSPS) is 17.3. The van der Waals surface area contributed by atoms with Gasteiger partial charge in [-0.25, -0.2) is 4.79 Å². The first-order valence-electron chi connectivity index (χ1n) is 8.20. The Hall–Kier alpha value is -2.10. The molecule has 1 aliphatic rings. The van der Waals surface area contributed by atoms with Crippen molar-refractivity contribution in [1.29, 1.82) is 0 Å². The lowest BCUT2D eigenvalue weighted by atomic mass is 9.92. The maximum Gasteiger partial charge on any atom is 0.410 e. The summed E-state index contributed by atoms with van der Waals surface area (Å²) < 4.78 is 5.36. The molecule has 1 aromatic carbocycles. The maximum atomic E-state index is 12.1. The smallest absolute Gasteiger partial charge is 0.410 e. The molecule has 0 aromatic heterocycles. The molecule has 4 heteroatoms. The number of allylic oxidation sites excluding steroid dienone is 1. The first-order chi connectivity index (χ1) is 11.1. The predicted octanol–water partition coefficient (Wildman–Crippen LogP) is 3.82. The molecular formula is C19H25NO3. The summed E-state index contributed by atoms with van der Waals surface area (Å²) in [6.07, 6.45) is 4.65. The van der Waals surface area contributed by atoms with Gasteiger partial charge in [0, 0.05) is 19.0 Å². The van der Waals surface area contributed by atoms with E-state index in [9.17, 15) is 9.59 Å². The van der Waals surface area contributed by atoms with Gasteiger partial charge in [-0.2, -0.15) is 0 Å². The second-order valence-electron chi connectivity index (χ2n) is 6.21. The van der Waals surface area contributed by atoms with Gasteiger partial charge in [-0.3, -0.25) is 0 Å². The van der Waals surface area contributed by atoms with Gasteiger partial charge in [0.15, 0.2) is 0 Å². The number of rotatable bonds is 5. The summed E-state index contributed by atoms with van der Waals surface area (Å²) in [4.78, 5) is 24.7. The number of hydrogen-bond acceptors (Lipinski definition) is 3. The second kappa shape index (κ2) is 8.51. The highest BCUT2D eigenvalue weighted by Gasteiger charge is 2.21.